The number of anilines is 1. The zero-order valence-electron chi connectivity index (χ0n) is 12.9. The fourth-order valence-corrected chi connectivity index (χ4v) is 3.55. The van der Waals surface area contributed by atoms with Crippen molar-refractivity contribution >= 4 is 39.0 Å². The van der Waals surface area contributed by atoms with Gasteiger partial charge in [0.25, 0.3) is 0 Å². The normalized spacial score (nSPS) is 11.2. The van der Waals surface area contributed by atoms with Crippen molar-refractivity contribution in [1.29, 1.82) is 0 Å². The number of nitrogens with one attached hydrogen (secondary N) is 1. The molecule has 0 fully saturated rings. The Morgan fingerprint density at radius 2 is 1.86 bits per heavy atom. The van der Waals surface area contributed by atoms with Gasteiger partial charge in [-0.25, -0.2) is 9.97 Å². The highest BCUT2D eigenvalue weighted by molar-refractivity contribution is 7.18. The molecule has 116 valence electrons. The summed E-state index contributed by atoms with van der Waals surface area (Å²) >= 11 is 7.72. The number of rotatable bonds is 9. The first kappa shape index (κ1) is 16.5. The van der Waals surface area contributed by atoms with Crippen LogP contribution in [0.25, 0.3) is 10.2 Å². The molecule has 2 heterocycles. The minimum absolute atomic E-state index is 0.331. The van der Waals surface area contributed by atoms with Crippen molar-refractivity contribution < 1.29 is 0 Å². The summed E-state index contributed by atoms with van der Waals surface area (Å²) in [7, 11) is 0. The number of hydrogen-bond acceptors (Lipinski definition) is 4. The van der Waals surface area contributed by atoms with Crippen LogP contribution < -0.4 is 5.32 Å². The van der Waals surface area contributed by atoms with Gasteiger partial charge in [0, 0.05) is 11.4 Å². The lowest BCUT2D eigenvalue weighted by Crippen LogP contribution is -2.04. The first-order chi connectivity index (χ1) is 10.2. The first-order valence-corrected chi connectivity index (χ1v) is 9.13. The standard InChI is InChI=1S/C16H24ClN3S/c1-3-5-6-7-8-9-10-18-14-13-11-12(4-2)21-15(13)20-16(17)19-14/h11H,3-10H2,1-2H3,(H,18,19,20). The van der Waals surface area contributed by atoms with E-state index in [1.165, 1.54) is 43.4 Å². The molecule has 2 aromatic rings. The highest BCUT2D eigenvalue weighted by atomic mass is 35.5. The van der Waals surface area contributed by atoms with Gasteiger partial charge in [-0.15, -0.1) is 11.3 Å². The molecule has 0 aliphatic carbocycles. The Hall–Kier alpha value is -0.870. The fourth-order valence-electron chi connectivity index (χ4n) is 2.37. The van der Waals surface area contributed by atoms with Gasteiger partial charge in [0.1, 0.15) is 10.6 Å². The summed E-state index contributed by atoms with van der Waals surface area (Å²) in [5.74, 6) is 0.884. The van der Waals surface area contributed by atoms with E-state index in [1.807, 2.05) is 0 Å². The van der Waals surface area contributed by atoms with Gasteiger partial charge in [-0.05, 0) is 30.5 Å². The van der Waals surface area contributed by atoms with Crippen molar-refractivity contribution in [3.05, 3.63) is 16.2 Å². The second-order valence-corrected chi connectivity index (χ2v) is 6.77. The van der Waals surface area contributed by atoms with Crippen molar-refractivity contribution in [3.63, 3.8) is 0 Å². The van der Waals surface area contributed by atoms with Crippen LogP contribution in [0.1, 0.15) is 57.2 Å². The number of aryl methyl sites for hydroxylation is 1. The maximum Gasteiger partial charge on any atom is 0.225 e. The smallest absolute Gasteiger partial charge is 0.225 e. The van der Waals surface area contributed by atoms with E-state index in [0.717, 1.165) is 29.0 Å². The van der Waals surface area contributed by atoms with Gasteiger partial charge in [-0.3, -0.25) is 0 Å². The van der Waals surface area contributed by atoms with Gasteiger partial charge in [0.05, 0.1) is 5.39 Å². The number of nitrogens with zero attached hydrogens (tertiary/aromatic N) is 2. The molecule has 0 bridgehead atoms. The molecule has 0 amide bonds. The summed E-state index contributed by atoms with van der Waals surface area (Å²) < 4.78 is 0. The predicted molar refractivity (Wildman–Crippen MR) is 93.7 cm³/mol. The van der Waals surface area contributed by atoms with Crippen LogP contribution in [0, 0.1) is 0 Å². The predicted octanol–water partition coefficient (Wildman–Crippen LogP) is 5.68. The van der Waals surface area contributed by atoms with Crippen LogP contribution >= 0.6 is 22.9 Å². The van der Waals surface area contributed by atoms with Crippen LogP contribution in [0.2, 0.25) is 5.28 Å². The van der Waals surface area contributed by atoms with Gasteiger partial charge < -0.3 is 5.32 Å². The molecule has 0 aliphatic rings. The number of aromatic nitrogens is 2. The molecule has 0 saturated heterocycles. The van der Waals surface area contributed by atoms with Gasteiger partial charge in [0.15, 0.2) is 0 Å². The Kier molecular flexibility index (Phi) is 6.71. The Bertz CT molecular complexity index is 568. The van der Waals surface area contributed by atoms with E-state index in [2.05, 4.69) is 35.2 Å². The summed E-state index contributed by atoms with van der Waals surface area (Å²) in [5.41, 5.74) is 0. The van der Waals surface area contributed by atoms with E-state index in [-0.39, 0.29) is 0 Å². The van der Waals surface area contributed by atoms with Crippen molar-refractivity contribution in [2.24, 2.45) is 0 Å². The first-order valence-electron chi connectivity index (χ1n) is 7.94. The van der Waals surface area contributed by atoms with E-state index >= 15 is 0 Å². The Labute approximate surface area is 136 Å². The molecule has 2 aromatic heterocycles. The summed E-state index contributed by atoms with van der Waals surface area (Å²) in [6.07, 6.45) is 8.81. The van der Waals surface area contributed by atoms with Crippen molar-refractivity contribution in [2.45, 2.75) is 58.8 Å². The average Bonchev–Trinajstić information content (AvgIpc) is 2.89. The lowest BCUT2D eigenvalue weighted by molar-refractivity contribution is 0.617. The lowest BCUT2D eigenvalue weighted by atomic mass is 10.1. The second-order valence-electron chi connectivity index (χ2n) is 5.32. The molecule has 0 radical (unpaired) electrons. The van der Waals surface area contributed by atoms with Crippen LogP contribution in [0.15, 0.2) is 6.07 Å². The van der Waals surface area contributed by atoms with Crippen molar-refractivity contribution in [2.75, 3.05) is 11.9 Å². The Balaban J connectivity index is 1.90. The zero-order chi connectivity index (χ0) is 15.1. The van der Waals surface area contributed by atoms with Gasteiger partial charge in [-0.2, -0.15) is 0 Å². The summed E-state index contributed by atoms with van der Waals surface area (Å²) in [6, 6.07) is 2.18. The number of fused-ring (bicyclic) bond motifs is 1. The molecule has 0 aliphatic heterocycles. The second kappa shape index (κ2) is 8.54. The van der Waals surface area contributed by atoms with E-state index < -0.39 is 0 Å². The molecule has 1 N–H and O–H groups in total. The highest BCUT2D eigenvalue weighted by Gasteiger charge is 2.10. The van der Waals surface area contributed by atoms with E-state index in [1.54, 1.807) is 11.3 Å². The summed E-state index contributed by atoms with van der Waals surface area (Å²) in [4.78, 5) is 11.0. The SMILES string of the molecule is CCCCCCCCNc1nc(Cl)nc2sc(CC)cc12. The van der Waals surface area contributed by atoms with Crippen LogP contribution in [-0.2, 0) is 6.42 Å². The van der Waals surface area contributed by atoms with Crippen LogP contribution in [-0.4, -0.2) is 16.5 Å². The van der Waals surface area contributed by atoms with Gasteiger partial charge in [-0.1, -0.05) is 46.0 Å². The fraction of sp³-hybridized carbons (Fsp3) is 0.625. The zero-order valence-corrected chi connectivity index (χ0v) is 14.5. The number of hydrogen-bond donors (Lipinski definition) is 1. The minimum atomic E-state index is 0.331. The third-order valence-corrected chi connectivity index (χ3v) is 4.93. The molecule has 21 heavy (non-hydrogen) atoms. The third-order valence-electron chi connectivity index (χ3n) is 3.59. The lowest BCUT2D eigenvalue weighted by Gasteiger charge is -2.07. The van der Waals surface area contributed by atoms with Crippen molar-refractivity contribution in [1.82, 2.24) is 9.97 Å². The molecule has 0 aromatic carbocycles. The number of unbranched alkanes of at least 4 members (excludes halogenated alkanes) is 5. The Morgan fingerprint density at radius 3 is 2.62 bits per heavy atom. The number of thiophene rings is 1. The van der Waals surface area contributed by atoms with Crippen LogP contribution in [0.5, 0.6) is 0 Å². The molecule has 0 saturated carbocycles. The average molecular weight is 326 g/mol. The third kappa shape index (κ3) is 4.82. The van der Waals surface area contributed by atoms with Gasteiger partial charge in [0.2, 0.25) is 5.28 Å². The molecule has 3 nitrogen and oxygen atoms in total. The maximum absolute atomic E-state index is 6.02. The number of halogens is 1. The molecular weight excluding hydrogens is 302 g/mol. The molecule has 0 atom stereocenters. The maximum atomic E-state index is 6.02. The molecule has 0 spiro atoms. The molecule has 5 heteroatoms. The van der Waals surface area contributed by atoms with E-state index in [9.17, 15) is 0 Å². The molecule has 2 rings (SSSR count). The van der Waals surface area contributed by atoms with Crippen molar-refractivity contribution in [3.8, 4) is 0 Å². The highest BCUT2D eigenvalue weighted by Crippen LogP contribution is 2.30. The van der Waals surface area contributed by atoms with Crippen LogP contribution in [0.3, 0.4) is 0 Å². The van der Waals surface area contributed by atoms with Gasteiger partial charge >= 0.3 is 0 Å². The minimum Gasteiger partial charge on any atom is -0.369 e. The van der Waals surface area contributed by atoms with Crippen LogP contribution in [0.4, 0.5) is 5.82 Å². The molecule has 0 unspecified atom stereocenters. The summed E-state index contributed by atoms with van der Waals surface area (Å²) in [6.45, 7) is 5.35. The summed E-state index contributed by atoms with van der Waals surface area (Å²) in [5, 5.41) is 4.86. The largest absolute Gasteiger partial charge is 0.369 e. The monoisotopic (exact) mass is 325 g/mol. The van der Waals surface area contributed by atoms with E-state index in [4.69, 9.17) is 11.6 Å². The molecular formula is C16H24ClN3S. The Morgan fingerprint density at radius 1 is 1.10 bits per heavy atom. The van der Waals surface area contributed by atoms with E-state index in [0.29, 0.717) is 5.28 Å². The topological polar surface area (TPSA) is 37.8 Å². The quantitative estimate of drug-likeness (QED) is 0.476.